The molecule has 2 N–H and O–H groups in total. The standard InChI is InChI=1S/C26H23ClO5/c27-21-9-13-25(29)23(17-21)24(28)12-7-19-5-10-22(11-6-19)32-16-15-20-3-1-18(2-4-20)8-14-26(30)31/h1-7,9-13,17,29H,8,14-16H2,(H,30,31)/b12-7+. The van der Waals surface area contributed by atoms with E-state index in [4.69, 9.17) is 21.4 Å². The number of phenols is 1. The number of hydrogen-bond acceptors (Lipinski definition) is 4. The molecule has 0 radical (unpaired) electrons. The molecule has 0 unspecified atom stereocenters. The first kappa shape index (κ1) is 23.1. The van der Waals surface area contributed by atoms with Crippen LogP contribution in [0, 0.1) is 0 Å². The Morgan fingerprint density at radius 1 is 0.906 bits per heavy atom. The number of hydrogen-bond donors (Lipinski definition) is 2. The highest BCUT2D eigenvalue weighted by Gasteiger charge is 2.08. The Morgan fingerprint density at radius 2 is 1.56 bits per heavy atom. The Kier molecular flexibility index (Phi) is 8.06. The normalized spacial score (nSPS) is 10.9. The highest BCUT2D eigenvalue weighted by molar-refractivity contribution is 6.31. The maximum atomic E-state index is 12.3. The highest BCUT2D eigenvalue weighted by atomic mass is 35.5. The second-order valence-electron chi connectivity index (χ2n) is 7.24. The predicted octanol–water partition coefficient (Wildman–Crippen LogP) is 5.58. The van der Waals surface area contributed by atoms with Crippen molar-refractivity contribution in [3.8, 4) is 11.5 Å². The molecule has 0 saturated heterocycles. The highest BCUT2D eigenvalue weighted by Crippen LogP contribution is 2.22. The first-order valence-corrected chi connectivity index (χ1v) is 10.5. The zero-order valence-electron chi connectivity index (χ0n) is 17.3. The molecule has 0 heterocycles. The number of benzene rings is 3. The van der Waals surface area contributed by atoms with Gasteiger partial charge in [0.1, 0.15) is 11.5 Å². The zero-order chi connectivity index (χ0) is 22.9. The number of allylic oxidation sites excluding steroid dienone is 1. The molecule has 3 rings (SSSR count). The Labute approximate surface area is 191 Å². The maximum Gasteiger partial charge on any atom is 0.303 e. The van der Waals surface area contributed by atoms with E-state index in [1.807, 2.05) is 48.5 Å². The van der Waals surface area contributed by atoms with Gasteiger partial charge in [-0.15, -0.1) is 0 Å². The summed E-state index contributed by atoms with van der Waals surface area (Å²) >= 11 is 5.89. The predicted molar refractivity (Wildman–Crippen MR) is 125 cm³/mol. The minimum Gasteiger partial charge on any atom is -0.507 e. The van der Waals surface area contributed by atoms with Gasteiger partial charge >= 0.3 is 5.97 Å². The van der Waals surface area contributed by atoms with Gasteiger partial charge in [0.2, 0.25) is 0 Å². The summed E-state index contributed by atoms with van der Waals surface area (Å²) in [6.07, 6.45) is 4.45. The summed E-state index contributed by atoms with van der Waals surface area (Å²) in [7, 11) is 0. The fourth-order valence-corrected chi connectivity index (χ4v) is 3.23. The van der Waals surface area contributed by atoms with Crippen LogP contribution >= 0.6 is 11.6 Å². The van der Waals surface area contributed by atoms with E-state index in [1.54, 1.807) is 6.08 Å². The summed E-state index contributed by atoms with van der Waals surface area (Å²) in [6.45, 7) is 0.510. The fourth-order valence-electron chi connectivity index (χ4n) is 3.05. The number of halogens is 1. The molecule has 0 amide bonds. The topological polar surface area (TPSA) is 83.8 Å². The van der Waals surface area contributed by atoms with Gasteiger partial charge < -0.3 is 14.9 Å². The lowest BCUT2D eigenvalue weighted by atomic mass is 10.1. The fraction of sp³-hybridized carbons (Fsp3) is 0.154. The Bertz CT molecular complexity index is 1100. The molecule has 5 nitrogen and oxygen atoms in total. The number of aryl methyl sites for hydroxylation is 1. The van der Waals surface area contributed by atoms with Gasteiger partial charge in [-0.1, -0.05) is 54.1 Å². The van der Waals surface area contributed by atoms with Gasteiger partial charge in [0.25, 0.3) is 0 Å². The van der Waals surface area contributed by atoms with E-state index in [9.17, 15) is 14.7 Å². The lowest BCUT2D eigenvalue weighted by molar-refractivity contribution is -0.136. The molecule has 3 aromatic rings. The summed E-state index contributed by atoms with van der Waals surface area (Å²) < 4.78 is 5.78. The van der Waals surface area contributed by atoms with Crippen LogP contribution in [0.4, 0.5) is 0 Å². The van der Waals surface area contributed by atoms with Crippen molar-refractivity contribution >= 4 is 29.4 Å². The van der Waals surface area contributed by atoms with Crippen LogP contribution in [-0.4, -0.2) is 28.6 Å². The summed E-state index contributed by atoms with van der Waals surface area (Å²) in [5.41, 5.74) is 3.10. The van der Waals surface area contributed by atoms with Crippen LogP contribution in [0.3, 0.4) is 0 Å². The summed E-state index contributed by atoms with van der Waals surface area (Å²) in [5.74, 6) is -0.517. The second-order valence-corrected chi connectivity index (χ2v) is 7.67. The van der Waals surface area contributed by atoms with Gasteiger partial charge in [0.05, 0.1) is 12.2 Å². The third kappa shape index (κ3) is 7.00. The first-order valence-electron chi connectivity index (χ1n) is 10.1. The number of aliphatic carboxylic acids is 1. The third-order valence-electron chi connectivity index (χ3n) is 4.84. The minimum absolute atomic E-state index is 0.109. The number of phenolic OH excluding ortho intramolecular Hbond substituents is 1. The molecule has 0 bridgehead atoms. The number of ketones is 1. The minimum atomic E-state index is -0.795. The molecule has 0 spiro atoms. The van der Waals surface area contributed by atoms with Crippen LogP contribution < -0.4 is 4.74 Å². The Hall–Kier alpha value is -3.57. The first-order chi connectivity index (χ1) is 15.4. The van der Waals surface area contributed by atoms with Crippen LogP contribution in [0.25, 0.3) is 6.08 Å². The van der Waals surface area contributed by atoms with Crippen molar-refractivity contribution in [2.45, 2.75) is 19.3 Å². The molecule has 0 atom stereocenters. The third-order valence-corrected chi connectivity index (χ3v) is 5.08. The molecule has 0 saturated carbocycles. The van der Waals surface area contributed by atoms with Gasteiger partial charge in [-0.2, -0.15) is 0 Å². The molecule has 6 heteroatoms. The number of ether oxygens (including phenoxy) is 1. The second kappa shape index (κ2) is 11.2. The van der Waals surface area contributed by atoms with Crippen molar-refractivity contribution in [1.82, 2.24) is 0 Å². The average molecular weight is 451 g/mol. The van der Waals surface area contributed by atoms with E-state index >= 15 is 0 Å². The van der Waals surface area contributed by atoms with Crippen LogP contribution in [0.2, 0.25) is 5.02 Å². The molecule has 164 valence electrons. The largest absolute Gasteiger partial charge is 0.507 e. The maximum absolute atomic E-state index is 12.3. The van der Waals surface area contributed by atoms with Gasteiger partial charge in [0.15, 0.2) is 5.78 Å². The van der Waals surface area contributed by atoms with Crippen molar-refractivity contribution < 1.29 is 24.5 Å². The SMILES string of the molecule is O=C(O)CCc1ccc(CCOc2ccc(/C=C/C(=O)c3cc(Cl)ccc3O)cc2)cc1. The van der Waals surface area contributed by atoms with Crippen LogP contribution in [-0.2, 0) is 17.6 Å². The van der Waals surface area contributed by atoms with E-state index in [0.717, 1.165) is 28.9 Å². The quantitative estimate of drug-likeness (QED) is 0.311. The van der Waals surface area contributed by atoms with E-state index in [2.05, 4.69) is 0 Å². The van der Waals surface area contributed by atoms with Crippen molar-refractivity contribution in [2.75, 3.05) is 6.61 Å². The van der Waals surface area contributed by atoms with Gasteiger partial charge in [0, 0.05) is 17.9 Å². The van der Waals surface area contributed by atoms with Crippen LogP contribution in [0.1, 0.15) is 33.5 Å². The lowest BCUT2D eigenvalue weighted by Gasteiger charge is -2.07. The Morgan fingerprint density at radius 3 is 2.22 bits per heavy atom. The van der Waals surface area contributed by atoms with Gasteiger partial charge in [-0.05, 0) is 59.5 Å². The Balaban J connectivity index is 1.48. The molecule has 0 aliphatic heterocycles. The van der Waals surface area contributed by atoms with Crippen LogP contribution in [0.5, 0.6) is 11.5 Å². The summed E-state index contributed by atoms with van der Waals surface area (Å²) in [5, 5.41) is 18.9. The van der Waals surface area contributed by atoms with E-state index in [1.165, 1.54) is 24.3 Å². The van der Waals surface area contributed by atoms with Crippen LogP contribution in [0.15, 0.2) is 72.8 Å². The van der Waals surface area contributed by atoms with E-state index in [-0.39, 0.29) is 23.5 Å². The molecule has 3 aromatic carbocycles. The average Bonchev–Trinajstić information content (AvgIpc) is 2.79. The monoisotopic (exact) mass is 450 g/mol. The molecule has 32 heavy (non-hydrogen) atoms. The molecule has 0 aliphatic carbocycles. The number of rotatable bonds is 10. The molecule has 0 fully saturated rings. The van der Waals surface area contributed by atoms with Crippen molar-refractivity contribution in [2.24, 2.45) is 0 Å². The summed E-state index contributed by atoms with van der Waals surface area (Å²) in [4.78, 5) is 22.9. The lowest BCUT2D eigenvalue weighted by Crippen LogP contribution is -2.02. The number of carbonyl (C=O) groups is 2. The number of carboxylic acids is 1. The smallest absolute Gasteiger partial charge is 0.303 e. The number of aromatic hydroxyl groups is 1. The molecule has 0 aromatic heterocycles. The van der Waals surface area contributed by atoms with Crippen molar-refractivity contribution in [3.05, 3.63) is 100 Å². The number of carbonyl (C=O) groups excluding carboxylic acids is 1. The summed E-state index contributed by atoms with van der Waals surface area (Å²) in [6, 6.07) is 19.6. The molecular weight excluding hydrogens is 428 g/mol. The van der Waals surface area contributed by atoms with Crippen molar-refractivity contribution in [1.29, 1.82) is 0 Å². The number of carboxylic acid groups (broad SMARTS) is 1. The molecule has 0 aliphatic rings. The molecular formula is C26H23ClO5. The van der Waals surface area contributed by atoms with Gasteiger partial charge in [-0.3, -0.25) is 9.59 Å². The van der Waals surface area contributed by atoms with E-state index < -0.39 is 5.97 Å². The zero-order valence-corrected chi connectivity index (χ0v) is 18.1. The van der Waals surface area contributed by atoms with Crippen molar-refractivity contribution in [3.63, 3.8) is 0 Å². The van der Waals surface area contributed by atoms with Gasteiger partial charge in [-0.25, -0.2) is 0 Å². The van der Waals surface area contributed by atoms with E-state index in [0.29, 0.717) is 18.1 Å².